The Morgan fingerprint density at radius 2 is 2.06 bits per heavy atom. The molecule has 16 heavy (non-hydrogen) atoms. The first kappa shape index (κ1) is 10.7. The summed E-state index contributed by atoms with van der Waals surface area (Å²) < 4.78 is 0. The van der Waals surface area contributed by atoms with Gasteiger partial charge in [-0.2, -0.15) is 0 Å². The summed E-state index contributed by atoms with van der Waals surface area (Å²) in [5.41, 5.74) is 4.77. The maximum absolute atomic E-state index is 3.49. The molecule has 1 nitrogen and oxygen atoms in total. The molecule has 0 spiro atoms. The smallest absolute Gasteiger partial charge is 0.0452 e. The average Bonchev–Trinajstić information content (AvgIpc) is 2.87. The fraction of sp³-hybridized carbons (Fsp3) is 0.571. The molecule has 0 amide bonds. The zero-order chi connectivity index (χ0) is 11.1. The van der Waals surface area contributed by atoms with Gasteiger partial charge in [0.25, 0.3) is 0 Å². The van der Waals surface area contributed by atoms with E-state index in [0.29, 0.717) is 6.04 Å². The summed E-state index contributed by atoms with van der Waals surface area (Å²) in [6.45, 7) is 2.29. The Bertz CT molecular complexity index is 413. The molecule has 0 bridgehead atoms. The van der Waals surface area contributed by atoms with Crippen LogP contribution in [0.1, 0.15) is 42.5 Å². The van der Waals surface area contributed by atoms with Crippen molar-refractivity contribution in [3.05, 3.63) is 28.8 Å². The number of aryl methyl sites for hydroxylation is 2. The van der Waals surface area contributed by atoms with Crippen LogP contribution in [0.4, 0.5) is 0 Å². The van der Waals surface area contributed by atoms with E-state index >= 15 is 0 Å². The molecule has 0 saturated carbocycles. The van der Waals surface area contributed by atoms with Gasteiger partial charge in [-0.1, -0.05) is 13.0 Å². The second-order valence-corrected chi connectivity index (χ2v) is 6.12. The molecule has 2 aliphatic rings. The molecule has 0 aromatic heterocycles. The van der Waals surface area contributed by atoms with Gasteiger partial charge in [0.1, 0.15) is 0 Å². The van der Waals surface area contributed by atoms with Crippen molar-refractivity contribution in [2.24, 2.45) is 0 Å². The van der Waals surface area contributed by atoms with E-state index in [1.807, 2.05) is 0 Å². The van der Waals surface area contributed by atoms with E-state index in [0.717, 1.165) is 5.25 Å². The van der Waals surface area contributed by atoms with Crippen LogP contribution in [0.2, 0.25) is 0 Å². The van der Waals surface area contributed by atoms with Gasteiger partial charge in [-0.3, -0.25) is 0 Å². The first-order valence-corrected chi connectivity index (χ1v) is 7.21. The van der Waals surface area contributed by atoms with Gasteiger partial charge in [-0.15, -0.1) is 11.8 Å². The number of hydrogen-bond donors (Lipinski definition) is 1. The number of hydrogen-bond acceptors (Lipinski definition) is 2. The second kappa shape index (κ2) is 4.08. The van der Waals surface area contributed by atoms with Crippen molar-refractivity contribution in [3.8, 4) is 0 Å². The molecule has 0 saturated heterocycles. The maximum Gasteiger partial charge on any atom is 0.0452 e. The lowest BCUT2D eigenvalue weighted by Crippen LogP contribution is -2.23. The molecule has 1 aliphatic heterocycles. The fourth-order valence-electron chi connectivity index (χ4n) is 3.06. The fourth-order valence-corrected chi connectivity index (χ4v) is 4.50. The topological polar surface area (TPSA) is 12.0 Å². The third-order valence-corrected chi connectivity index (χ3v) is 5.44. The summed E-state index contributed by atoms with van der Waals surface area (Å²) in [6, 6.07) is 5.50. The summed E-state index contributed by atoms with van der Waals surface area (Å²) >= 11 is 2.07. The molecule has 3 rings (SSSR count). The van der Waals surface area contributed by atoms with Crippen LogP contribution in [0, 0.1) is 0 Å². The molecular formula is C14H19NS. The summed E-state index contributed by atoms with van der Waals surface area (Å²) in [5, 5.41) is 4.22. The van der Waals surface area contributed by atoms with Crippen LogP contribution in [0.3, 0.4) is 0 Å². The van der Waals surface area contributed by atoms with E-state index in [9.17, 15) is 0 Å². The van der Waals surface area contributed by atoms with Crippen molar-refractivity contribution < 1.29 is 0 Å². The molecule has 0 fully saturated rings. The van der Waals surface area contributed by atoms with Gasteiger partial charge in [0.15, 0.2) is 0 Å². The Hall–Kier alpha value is -0.470. The SMILES string of the molecule is CCC1Sc2cc3c(cc2C1NC)CCC3. The summed E-state index contributed by atoms with van der Waals surface area (Å²) in [6.07, 6.45) is 5.19. The largest absolute Gasteiger partial charge is 0.312 e. The van der Waals surface area contributed by atoms with Crippen molar-refractivity contribution in [1.82, 2.24) is 5.32 Å². The van der Waals surface area contributed by atoms with Gasteiger partial charge in [-0.05, 0) is 55.5 Å². The highest BCUT2D eigenvalue weighted by Crippen LogP contribution is 2.47. The lowest BCUT2D eigenvalue weighted by atomic mass is 9.98. The van der Waals surface area contributed by atoms with E-state index < -0.39 is 0 Å². The molecule has 1 aliphatic carbocycles. The van der Waals surface area contributed by atoms with E-state index in [1.165, 1.54) is 30.6 Å². The molecule has 2 heteroatoms. The van der Waals surface area contributed by atoms with Crippen LogP contribution in [0.15, 0.2) is 17.0 Å². The minimum atomic E-state index is 0.566. The summed E-state index contributed by atoms with van der Waals surface area (Å²) in [7, 11) is 2.09. The minimum Gasteiger partial charge on any atom is -0.312 e. The maximum atomic E-state index is 3.49. The Morgan fingerprint density at radius 3 is 2.75 bits per heavy atom. The van der Waals surface area contributed by atoms with E-state index in [-0.39, 0.29) is 0 Å². The Balaban J connectivity index is 2.03. The molecule has 1 heterocycles. The standard InChI is InChI=1S/C14H19NS/c1-3-12-14(15-2)11-7-9-5-4-6-10(9)8-13(11)16-12/h7-8,12,14-15H,3-6H2,1-2H3. The average molecular weight is 233 g/mol. The zero-order valence-electron chi connectivity index (χ0n) is 10.0. The number of rotatable bonds is 2. The van der Waals surface area contributed by atoms with Crippen LogP contribution in [-0.4, -0.2) is 12.3 Å². The molecule has 2 unspecified atom stereocenters. The highest BCUT2D eigenvalue weighted by Gasteiger charge is 2.32. The quantitative estimate of drug-likeness (QED) is 0.841. The molecule has 0 radical (unpaired) electrons. The van der Waals surface area contributed by atoms with Crippen molar-refractivity contribution in [1.29, 1.82) is 0 Å². The zero-order valence-corrected chi connectivity index (χ0v) is 10.9. The number of fused-ring (bicyclic) bond motifs is 2. The summed E-state index contributed by atoms with van der Waals surface area (Å²) in [5.74, 6) is 0. The highest BCUT2D eigenvalue weighted by atomic mass is 32.2. The van der Waals surface area contributed by atoms with E-state index in [2.05, 4.69) is 43.2 Å². The Labute approximate surface area is 102 Å². The first-order chi connectivity index (χ1) is 7.83. The normalized spacial score (nSPS) is 26.9. The summed E-state index contributed by atoms with van der Waals surface area (Å²) in [4.78, 5) is 1.53. The van der Waals surface area contributed by atoms with Crippen molar-refractivity contribution >= 4 is 11.8 Å². The highest BCUT2D eigenvalue weighted by molar-refractivity contribution is 8.00. The van der Waals surface area contributed by atoms with E-state index in [1.54, 1.807) is 16.7 Å². The van der Waals surface area contributed by atoms with Crippen LogP contribution >= 0.6 is 11.8 Å². The van der Waals surface area contributed by atoms with Gasteiger partial charge in [0.05, 0.1) is 0 Å². The monoisotopic (exact) mass is 233 g/mol. The Kier molecular flexibility index (Phi) is 2.72. The molecule has 1 N–H and O–H groups in total. The van der Waals surface area contributed by atoms with Crippen LogP contribution in [-0.2, 0) is 12.8 Å². The first-order valence-electron chi connectivity index (χ1n) is 6.33. The van der Waals surface area contributed by atoms with E-state index in [4.69, 9.17) is 0 Å². The van der Waals surface area contributed by atoms with Crippen molar-refractivity contribution in [2.45, 2.75) is 48.8 Å². The van der Waals surface area contributed by atoms with Gasteiger partial charge >= 0.3 is 0 Å². The van der Waals surface area contributed by atoms with Crippen LogP contribution < -0.4 is 5.32 Å². The molecule has 1 aromatic rings. The molecular weight excluding hydrogens is 214 g/mol. The predicted molar refractivity (Wildman–Crippen MR) is 70.2 cm³/mol. The molecule has 2 atom stereocenters. The number of benzene rings is 1. The van der Waals surface area contributed by atoms with Gasteiger partial charge < -0.3 is 5.32 Å². The minimum absolute atomic E-state index is 0.566. The lowest BCUT2D eigenvalue weighted by Gasteiger charge is -2.17. The lowest BCUT2D eigenvalue weighted by molar-refractivity contribution is 0.562. The predicted octanol–water partition coefficient (Wildman–Crippen LogP) is 3.32. The van der Waals surface area contributed by atoms with Gasteiger partial charge in [0, 0.05) is 16.2 Å². The Morgan fingerprint density at radius 1 is 1.31 bits per heavy atom. The number of nitrogens with one attached hydrogen (secondary N) is 1. The van der Waals surface area contributed by atoms with Gasteiger partial charge in [-0.25, -0.2) is 0 Å². The third kappa shape index (κ3) is 1.51. The van der Waals surface area contributed by atoms with Gasteiger partial charge in [0.2, 0.25) is 0 Å². The van der Waals surface area contributed by atoms with Crippen LogP contribution in [0.25, 0.3) is 0 Å². The number of thioether (sulfide) groups is 1. The molecule has 1 aromatic carbocycles. The third-order valence-electron chi connectivity index (χ3n) is 3.92. The van der Waals surface area contributed by atoms with Crippen molar-refractivity contribution in [2.75, 3.05) is 7.05 Å². The molecule has 86 valence electrons. The second-order valence-electron chi connectivity index (χ2n) is 4.84. The van der Waals surface area contributed by atoms with Crippen molar-refractivity contribution in [3.63, 3.8) is 0 Å². The van der Waals surface area contributed by atoms with Crippen LogP contribution in [0.5, 0.6) is 0 Å².